The Bertz CT molecular complexity index is 1390. The van der Waals surface area contributed by atoms with E-state index in [1.165, 1.54) is 12.5 Å². The highest BCUT2D eigenvalue weighted by molar-refractivity contribution is 5.94. The summed E-state index contributed by atoms with van der Waals surface area (Å²) in [6, 6.07) is 12.1. The van der Waals surface area contributed by atoms with Crippen LogP contribution < -0.4 is 9.47 Å². The highest BCUT2D eigenvalue weighted by Gasteiger charge is 2.66. The van der Waals surface area contributed by atoms with Gasteiger partial charge in [-0.2, -0.15) is 0 Å². The lowest BCUT2D eigenvalue weighted by Crippen LogP contribution is -2.68. The first-order valence-corrected chi connectivity index (χ1v) is 14.3. The van der Waals surface area contributed by atoms with E-state index in [0.717, 1.165) is 54.7 Å². The molecule has 2 bridgehead atoms. The fourth-order valence-corrected chi connectivity index (χ4v) is 7.96. The molecule has 1 saturated carbocycles. The molecule has 1 saturated heterocycles. The number of likely N-dealkylation sites (N-methyl/N-ethyl adjacent to an activating group) is 1. The Kier molecular flexibility index (Phi) is 6.46. The third-order valence-corrected chi connectivity index (χ3v) is 9.37. The van der Waals surface area contributed by atoms with Crippen LogP contribution in [0, 0.1) is 30.6 Å². The molecule has 5 atom stereocenters. The molecule has 2 aliphatic carbocycles. The number of ether oxygens (including phenoxy) is 2. The maximum absolute atomic E-state index is 13.8. The van der Waals surface area contributed by atoms with E-state index in [1.54, 1.807) is 0 Å². The second-order valence-electron chi connectivity index (χ2n) is 12.3. The Morgan fingerprint density at radius 1 is 1.23 bits per heavy atom. The van der Waals surface area contributed by atoms with Gasteiger partial charge in [-0.15, -0.1) is 0 Å². The third kappa shape index (κ3) is 4.23. The molecule has 6 nitrogen and oxygen atoms in total. The lowest BCUT2D eigenvalue weighted by Gasteiger charge is -2.60. The molecule has 2 aromatic rings. The molecule has 2 aliphatic heterocycles. The molecule has 0 radical (unpaired) electrons. The fraction of sp³-hybridized carbons (Fsp3) is 0.515. The van der Waals surface area contributed by atoms with E-state index in [4.69, 9.17) is 9.47 Å². The number of nitrogens with zero attached hydrogens (tertiary/aromatic N) is 2. The molecule has 204 valence electrons. The lowest BCUT2D eigenvalue weighted by atomic mass is 9.51. The Labute approximate surface area is 231 Å². The van der Waals surface area contributed by atoms with Gasteiger partial charge in [0.05, 0.1) is 6.04 Å². The number of esters is 1. The average Bonchev–Trinajstić information content (AvgIpc) is 3.22. The molecule has 2 heterocycles. The van der Waals surface area contributed by atoms with Crippen molar-refractivity contribution in [3.8, 4) is 23.3 Å². The van der Waals surface area contributed by atoms with Crippen molar-refractivity contribution in [1.82, 2.24) is 9.80 Å². The topological polar surface area (TPSA) is 59.1 Å². The van der Waals surface area contributed by atoms with Crippen molar-refractivity contribution >= 4 is 11.9 Å². The molecule has 4 aliphatic rings. The van der Waals surface area contributed by atoms with E-state index in [0.29, 0.717) is 30.2 Å². The number of likely N-dealkylation sites (tertiary alicyclic amines) is 1. The number of amides is 1. The molecule has 0 aromatic heterocycles. The summed E-state index contributed by atoms with van der Waals surface area (Å²) in [5.41, 5.74) is 4.12. The predicted molar refractivity (Wildman–Crippen MR) is 150 cm³/mol. The van der Waals surface area contributed by atoms with Gasteiger partial charge in [-0.05, 0) is 87.9 Å². The second kappa shape index (κ2) is 9.71. The first kappa shape index (κ1) is 26.0. The Hall–Kier alpha value is -3.30. The van der Waals surface area contributed by atoms with E-state index < -0.39 is 0 Å². The van der Waals surface area contributed by atoms with Crippen molar-refractivity contribution < 1.29 is 19.1 Å². The molecule has 2 aromatic carbocycles. The number of carbonyl (C=O) groups is 2. The minimum atomic E-state index is -0.304. The number of rotatable bonds is 4. The maximum Gasteiger partial charge on any atom is 0.308 e. The number of aryl methyl sites for hydroxylation is 1. The smallest absolute Gasteiger partial charge is 0.308 e. The SMILES string of the molecule is CC(=O)Oc1ccc2c3c1C[C@@H]1[C@@H]4CC[C@@H](N(CC(C)C)C(=O)C#Cc5cccc(C)c5)[C@H](O2)[C@]34CCN1C. The van der Waals surface area contributed by atoms with Crippen LogP contribution in [0.1, 0.15) is 62.3 Å². The standard InChI is InChI=1S/C33H38N2O4/c1-20(2)19-35(30(37)14-9-23-8-6-7-21(3)17-23)26-11-10-25-27-18-24-28(38-22(4)36)12-13-29-31(24)33(25,32(26)39-29)15-16-34(27)5/h6-8,12-13,17,20,25-27,32H,10-11,15-16,18-19H2,1-5H3/t25-,26+,27+,32-,33-/m0/s1. The zero-order valence-electron chi connectivity index (χ0n) is 23.6. The largest absolute Gasteiger partial charge is 0.487 e. The summed E-state index contributed by atoms with van der Waals surface area (Å²) in [6.07, 6.45) is 3.60. The lowest BCUT2D eigenvalue weighted by molar-refractivity contribution is -0.137. The minimum Gasteiger partial charge on any atom is -0.487 e. The van der Waals surface area contributed by atoms with Crippen LogP contribution in [-0.4, -0.2) is 60.0 Å². The van der Waals surface area contributed by atoms with Gasteiger partial charge in [-0.25, -0.2) is 0 Å². The van der Waals surface area contributed by atoms with Gasteiger partial charge in [0.2, 0.25) is 0 Å². The van der Waals surface area contributed by atoms with Gasteiger partial charge in [0.25, 0.3) is 5.91 Å². The van der Waals surface area contributed by atoms with Gasteiger partial charge in [0.15, 0.2) is 0 Å². The van der Waals surface area contributed by atoms with Crippen LogP contribution in [0.3, 0.4) is 0 Å². The summed E-state index contributed by atoms with van der Waals surface area (Å²) in [4.78, 5) is 30.2. The molecular weight excluding hydrogens is 488 g/mol. The number of piperidine rings is 1. The van der Waals surface area contributed by atoms with E-state index in [1.807, 2.05) is 48.2 Å². The summed E-state index contributed by atoms with van der Waals surface area (Å²) in [6.45, 7) is 9.41. The minimum absolute atomic E-state index is 0.0671. The Morgan fingerprint density at radius 3 is 2.79 bits per heavy atom. The average molecular weight is 527 g/mol. The van der Waals surface area contributed by atoms with Crippen molar-refractivity contribution in [1.29, 1.82) is 0 Å². The predicted octanol–water partition coefficient (Wildman–Crippen LogP) is 4.49. The zero-order valence-corrected chi connectivity index (χ0v) is 23.6. The van der Waals surface area contributed by atoms with Crippen LogP contribution in [0.2, 0.25) is 0 Å². The van der Waals surface area contributed by atoms with Gasteiger partial charge >= 0.3 is 5.97 Å². The number of hydrogen-bond donors (Lipinski definition) is 0. The summed E-state index contributed by atoms with van der Waals surface area (Å²) in [7, 11) is 2.21. The quantitative estimate of drug-likeness (QED) is 0.334. The number of hydrogen-bond acceptors (Lipinski definition) is 5. The maximum atomic E-state index is 13.8. The van der Waals surface area contributed by atoms with Crippen LogP contribution in [0.4, 0.5) is 0 Å². The molecule has 1 spiro atoms. The van der Waals surface area contributed by atoms with Crippen molar-refractivity contribution in [2.24, 2.45) is 11.8 Å². The van der Waals surface area contributed by atoms with E-state index in [9.17, 15) is 9.59 Å². The van der Waals surface area contributed by atoms with Gasteiger partial charge in [0.1, 0.15) is 17.6 Å². The van der Waals surface area contributed by atoms with E-state index >= 15 is 0 Å². The second-order valence-corrected chi connectivity index (χ2v) is 12.3. The highest BCUT2D eigenvalue weighted by Crippen LogP contribution is 2.63. The van der Waals surface area contributed by atoms with Crippen LogP contribution in [0.5, 0.6) is 11.5 Å². The summed E-state index contributed by atoms with van der Waals surface area (Å²) in [5, 5.41) is 0. The van der Waals surface area contributed by atoms with Crippen molar-refractivity contribution in [2.45, 2.75) is 77.0 Å². The van der Waals surface area contributed by atoms with Crippen molar-refractivity contribution in [3.05, 3.63) is 58.7 Å². The van der Waals surface area contributed by atoms with Crippen molar-refractivity contribution in [2.75, 3.05) is 20.1 Å². The van der Waals surface area contributed by atoms with Crippen LogP contribution in [0.25, 0.3) is 0 Å². The molecular formula is C33H38N2O4. The monoisotopic (exact) mass is 526 g/mol. The zero-order chi connectivity index (χ0) is 27.5. The summed E-state index contributed by atoms with van der Waals surface area (Å²) >= 11 is 0. The normalized spacial score (nSPS) is 28.2. The number of benzene rings is 2. The van der Waals surface area contributed by atoms with E-state index in [-0.39, 0.29) is 29.4 Å². The third-order valence-electron chi connectivity index (χ3n) is 9.37. The van der Waals surface area contributed by atoms with Gasteiger partial charge in [0, 0.05) is 47.5 Å². The molecule has 6 rings (SSSR count). The highest BCUT2D eigenvalue weighted by atomic mass is 16.5. The molecule has 1 amide bonds. The van der Waals surface area contributed by atoms with Gasteiger partial charge in [-0.1, -0.05) is 31.9 Å². The van der Waals surface area contributed by atoms with Crippen LogP contribution in [0.15, 0.2) is 36.4 Å². The molecule has 0 unspecified atom stereocenters. The van der Waals surface area contributed by atoms with Gasteiger partial charge in [-0.3, -0.25) is 9.59 Å². The fourth-order valence-electron chi connectivity index (χ4n) is 7.96. The molecule has 6 heteroatoms. The van der Waals surface area contributed by atoms with Crippen molar-refractivity contribution in [3.63, 3.8) is 0 Å². The Morgan fingerprint density at radius 2 is 2.05 bits per heavy atom. The summed E-state index contributed by atoms with van der Waals surface area (Å²) in [5.74, 6) is 7.95. The molecule has 2 fully saturated rings. The molecule has 39 heavy (non-hydrogen) atoms. The van der Waals surface area contributed by atoms with E-state index in [2.05, 4.69) is 37.6 Å². The van der Waals surface area contributed by atoms with Crippen LogP contribution >= 0.6 is 0 Å². The Balaban J connectivity index is 1.41. The van der Waals surface area contributed by atoms with Gasteiger partial charge < -0.3 is 19.3 Å². The summed E-state index contributed by atoms with van der Waals surface area (Å²) < 4.78 is 12.6. The first-order chi connectivity index (χ1) is 18.7. The molecule has 0 N–H and O–H groups in total. The number of carbonyl (C=O) groups excluding carboxylic acids is 2. The first-order valence-electron chi connectivity index (χ1n) is 14.3. The van der Waals surface area contributed by atoms with Crippen LogP contribution in [-0.2, 0) is 21.4 Å².